The van der Waals surface area contributed by atoms with Gasteiger partial charge in [-0.15, -0.1) is 0 Å². The fourth-order valence-electron chi connectivity index (χ4n) is 7.16. The highest BCUT2D eigenvalue weighted by molar-refractivity contribution is 6.55. The normalized spacial score (nSPS) is 33.3. The van der Waals surface area contributed by atoms with Crippen molar-refractivity contribution >= 4 is 29.0 Å². The molecule has 3 fully saturated rings. The van der Waals surface area contributed by atoms with Crippen LogP contribution in [0.3, 0.4) is 0 Å². The molecule has 2 spiro atoms. The monoisotopic (exact) mass is 482 g/mol. The smallest absolute Gasteiger partial charge is 0.151 e. The molecule has 3 aliphatic carbocycles. The Labute approximate surface area is 209 Å². The lowest BCUT2D eigenvalue weighted by Gasteiger charge is -2.67. The lowest BCUT2D eigenvalue weighted by molar-refractivity contribution is -0.170. The van der Waals surface area contributed by atoms with Gasteiger partial charge in [-0.05, 0) is 98.3 Å². The Kier molecular flexibility index (Phi) is 6.19. The topological polar surface area (TPSA) is 17.1 Å². The Morgan fingerprint density at radius 3 is 1.27 bits per heavy atom. The lowest BCUT2D eigenvalue weighted by Crippen LogP contribution is -2.74. The zero-order chi connectivity index (χ0) is 23.3. The van der Waals surface area contributed by atoms with E-state index in [4.69, 9.17) is 23.2 Å². The highest BCUT2D eigenvalue weighted by atomic mass is 35.5. The Morgan fingerprint density at radius 1 is 0.667 bits per heavy atom. The molecular weight excluding hydrogens is 447 g/mol. The summed E-state index contributed by atoms with van der Waals surface area (Å²) >= 11 is 14.4. The minimum absolute atomic E-state index is 0.375. The maximum absolute atomic E-state index is 13.8. The van der Waals surface area contributed by atoms with E-state index in [1.165, 1.54) is 22.3 Å². The maximum atomic E-state index is 13.8. The van der Waals surface area contributed by atoms with Crippen LogP contribution in [-0.4, -0.2) is 10.1 Å². The van der Waals surface area contributed by atoms with Gasteiger partial charge >= 0.3 is 0 Å². The van der Waals surface area contributed by atoms with Crippen molar-refractivity contribution in [3.8, 4) is 0 Å². The molecule has 0 amide bonds. The first-order chi connectivity index (χ1) is 15.9. The minimum atomic E-state index is -0.925. The van der Waals surface area contributed by atoms with E-state index in [9.17, 15) is 4.79 Å². The highest BCUT2D eigenvalue weighted by Crippen LogP contribution is 2.75. The Bertz CT molecular complexity index is 909. The van der Waals surface area contributed by atoms with Gasteiger partial charge in [-0.1, -0.05) is 85.6 Å². The van der Waals surface area contributed by atoms with Crippen molar-refractivity contribution in [3.63, 3.8) is 0 Å². The number of hydrogen-bond acceptors (Lipinski definition) is 1. The molecule has 0 saturated heterocycles. The molecule has 2 aromatic carbocycles. The number of halogens is 2. The van der Waals surface area contributed by atoms with Crippen LogP contribution < -0.4 is 0 Å². The van der Waals surface area contributed by atoms with Crippen LogP contribution in [0.25, 0.3) is 0 Å². The molecule has 0 atom stereocenters. The average molecular weight is 484 g/mol. The molecule has 0 bridgehead atoms. The molecule has 176 valence electrons. The summed E-state index contributed by atoms with van der Waals surface area (Å²) in [6.07, 6.45) is 9.42. The second-order valence-corrected chi connectivity index (χ2v) is 12.1. The van der Waals surface area contributed by atoms with Crippen LogP contribution in [0, 0.1) is 10.8 Å². The van der Waals surface area contributed by atoms with Crippen LogP contribution in [0.1, 0.15) is 99.3 Å². The summed E-state index contributed by atoms with van der Waals surface area (Å²) < 4.78 is -0.925. The van der Waals surface area contributed by atoms with Crippen molar-refractivity contribution in [1.82, 2.24) is 0 Å². The van der Waals surface area contributed by atoms with Crippen LogP contribution in [0.5, 0.6) is 0 Å². The summed E-state index contributed by atoms with van der Waals surface area (Å²) in [5.41, 5.74) is 4.47. The summed E-state index contributed by atoms with van der Waals surface area (Å²) in [5, 5.41) is 0. The SMILES string of the molecule is CCc1ccc(C2CCC3(CC2)C(=O)C2(CCC(c4ccc(CC)cc4)CC2)C3(Cl)Cl)cc1. The average Bonchev–Trinajstić information content (AvgIpc) is 2.88. The second-order valence-electron chi connectivity index (χ2n) is 10.8. The first-order valence-corrected chi connectivity index (χ1v) is 13.7. The Hall–Kier alpha value is -1.31. The van der Waals surface area contributed by atoms with Crippen molar-refractivity contribution in [1.29, 1.82) is 0 Å². The van der Waals surface area contributed by atoms with Gasteiger partial charge in [0.25, 0.3) is 0 Å². The Balaban J connectivity index is 1.26. The zero-order valence-corrected chi connectivity index (χ0v) is 21.5. The zero-order valence-electron chi connectivity index (χ0n) is 20.0. The number of rotatable bonds is 4. The molecule has 1 nitrogen and oxygen atoms in total. The third-order valence-corrected chi connectivity index (χ3v) is 10.9. The number of benzene rings is 2. The van der Waals surface area contributed by atoms with Crippen molar-refractivity contribution in [2.24, 2.45) is 10.8 Å². The molecule has 0 aliphatic heterocycles. The molecule has 0 aromatic heterocycles. The predicted octanol–water partition coefficient (Wildman–Crippen LogP) is 8.56. The van der Waals surface area contributed by atoms with E-state index >= 15 is 0 Å². The van der Waals surface area contributed by atoms with Crippen LogP contribution in [0.2, 0.25) is 0 Å². The summed E-state index contributed by atoms with van der Waals surface area (Å²) in [4.78, 5) is 13.8. The second kappa shape index (κ2) is 8.72. The molecule has 3 saturated carbocycles. The minimum Gasteiger partial charge on any atom is -0.298 e. The van der Waals surface area contributed by atoms with Crippen LogP contribution >= 0.6 is 23.2 Å². The van der Waals surface area contributed by atoms with Crippen molar-refractivity contribution in [2.45, 2.75) is 94.2 Å². The molecule has 33 heavy (non-hydrogen) atoms. The van der Waals surface area contributed by atoms with E-state index in [-0.39, 0.29) is 0 Å². The number of carbonyl (C=O) groups is 1. The Morgan fingerprint density at radius 2 is 1.00 bits per heavy atom. The van der Waals surface area contributed by atoms with E-state index in [2.05, 4.69) is 62.4 Å². The molecule has 0 radical (unpaired) electrons. The number of Topliss-reactive ketones (excluding diaryl/α,β-unsaturated/α-hetero) is 1. The van der Waals surface area contributed by atoms with E-state index in [0.717, 1.165) is 64.2 Å². The van der Waals surface area contributed by atoms with Gasteiger partial charge < -0.3 is 0 Å². The first kappa shape index (κ1) is 23.4. The molecule has 5 rings (SSSR count). The summed E-state index contributed by atoms with van der Waals surface area (Å²) in [6.45, 7) is 4.38. The predicted molar refractivity (Wildman–Crippen MR) is 138 cm³/mol. The van der Waals surface area contributed by atoms with Gasteiger partial charge in [0.15, 0.2) is 5.78 Å². The van der Waals surface area contributed by atoms with E-state index in [0.29, 0.717) is 17.6 Å². The summed E-state index contributed by atoms with van der Waals surface area (Å²) in [5.74, 6) is 1.40. The number of alkyl halides is 2. The lowest BCUT2D eigenvalue weighted by atomic mass is 9.42. The third-order valence-electron chi connectivity index (χ3n) is 9.47. The molecule has 0 unspecified atom stereocenters. The fourth-order valence-corrected chi connectivity index (χ4v) is 8.26. The van der Waals surface area contributed by atoms with Gasteiger partial charge in [-0.25, -0.2) is 0 Å². The first-order valence-electron chi connectivity index (χ1n) is 13.0. The standard InChI is InChI=1S/C30H36Cl2O/c1-3-21-5-9-23(10-6-21)25-13-17-28(18-14-25)27(33)29(30(28,31)32)19-15-26(16-20-29)24-11-7-22(4-2)8-12-24/h5-12,25-26H,3-4,13-20H2,1-2H3. The van der Waals surface area contributed by atoms with Crippen molar-refractivity contribution in [3.05, 3.63) is 70.8 Å². The molecular formula is C30H36Cl2O. The summed E-state index contributed by atoms with van der Waals surface area (Å²) in [7, 11) is 0. The fraction of sp³-hybridized carbons (Fsp3) is 0.567. The van der Waals surface area contributed by atoms with Gasteiger partial charge in [0.1, 0.15) is 4.33 Å². The summed E-state index contributed by atoms with van der Waals surface area (Å²) in [6, 6.07) is 18.1. The third kappa shape index (κ3) is 3.52. The quantitative estimate of drug-likeness (QED) is 0.398. The van der Waals surface area contributed by atoms with Crippen molar-refractivity contribution < 1.29 is 4.79 Å². The molecule has 3 heteroatoms. The van der Waals surface area contributed by atoms with E-state index < -0.39 is 15.2 Å². The molecule has 0 N–H and O–H groups in total. The van der Waals surface area contributed by atoms with Gasteiger partial charge in [0, 0.05) is 0 Å². The van der Waals surface area contributed by atoms with Crippen LogP contribution in [-0.2, 0) is 17.6 Å². The maximum Gasteiger partial charge on any atom is 0.151 e. The van der Waals surface area contributed by atoms with Crippen LogP contribution in [0.4, 0.5) is 0 Å². The molecule has 0 heterocycles. The highest BCUT2D eigenvalue weighted by Gasteiger charge is 2.79. The van der Waals surface area contributed by atoms with Gasteiger partial charge in [-0.3, -0.25) is 4.79 Å². The van der Waals surface area contributed by atoms with Crippen molar-refractivity contribution in [2.75, 3.05) is 0 Å². The number of carbonyl (C=O) groups excluding carboxylic acids is 1. The molecule has 3 aliphatic rings. The number of aryl methyl sites for hydroxylation is 2. The molecule has 2 aromatic rings. The van der Waals surface area contributed by atoms with Crippen LogP contribution in [0.15, 0.2) is 48.5 Å². The van der Waals surface area contributed by atoms with Gasteiger partial charge in [-0.2, -0.15) is 0 Å². The largest absolute Gasteiger partial charge is 0.298 e. The van der Waals surface area contributed by atoms with Gasteiger partial charge in [0.05, 0.1) is 10.8 Å². The van der Waals surface area contributed by atoms with Gasteiger partial charge in [0.2, 0.25) is 0 Å². The van der Waals surface area contributed by atoms with E-state index in [1.54, 1.807) is 0 Å². The number of hydrogen-bond donors (Lipinski definition) is 0. The van der Waals surface area contributed by atoms with E-state index in [1.807, 2.05) is 0 Å². The number of ketones is 1.